The highest BCUT2D eigenvalue weighted by molar-refractivity contribution is 6.30. The van der Waals surface area contributed by atoms with Crippen molar-refractivity contribution in [2.24, 2.45) is 5.92 Å². The monoisotopic (exact) mass is 327 g/mol. The molecule has 3 heteroatoms. The normalized spacial score (nSPS) is 20.9. The predicted octanol–water partition coefficient (Wildman–Crippen LogP) is 5.04. The van der Waals surface area contributed by atoms with Gasteiger partial charge in [0.05, 0.1) is 0 Å². The van der Waals surface area contributed by atoms with Gasteiger partial charge < -0.3 is 5.32 Å². The van der Waals surface area contributed by atoms with Gasteiger partial charge in [-0.05, 0) is 61.3 Å². The van der Waals surface area contributed by atoms with Crippen LogP contribution in [0.3, 0.4) is 0 Å². The second-order valence-corrected chi connectivity index (χ2v) is 6.79. The molecule has 2 nitrogen and oxygen atoms in total. The lowest BCUT2D eigenvalue weighted by Crippen LogP contribution is -2.31. The summed E-state index contributed by atoms with van der Waals surface area (Å²) in [5.74, 6) is 1.23. The second kappa shape index (κ2) is 7.65. The molecule has 2 aromatic rings. The lowest BCUT2D eigenvalue weighted by Gasteiger charge is -2.29. The first-order valence-corrected chi connectivity index (χ1v) is 8.69. The summed E-state index contributed by atoms with van der Waals surface area (Å²) >= 11 is 5.93. The van der Waals surface area contributed by atoms with E-state index in [0.29, 0.717) is 22.4 Å². The fourth-order valence-corrected chi connectivity index (χ4v) is 3.58. The number of hydrogen-bond acceptors (Lipinski definition) is 1. The quantitative estimate of drug-likeness (QED) is 0.837. The van der Waals surface area contributed by atoms with Crippen LogP contribution < -0.4 is 5.32 Å². The van der Waals surface area contributed by atoms with Crippen LogP contribution in [0.1, 0.15) is 47.5 Å². The third-order valence-corrected chi connectivity index (χ3v) is 4.99. The summed E-state index contributed by atoms with van der Waals surface area (Å²) in [6.07, 6.45) is 4.77. The molecule has 1 aliphatic carbocycles. The molecule has 3 rings (SSSR count). The Morgan fingerprint density at radius 1 is 1.00 bits per heavy atom. The van der Waals surface area contributed by atoms with Crippen molar-refractivity contribution < 1.29 is 4.79 Å². The van der Waals surface area contributed by atoms with Crippen molar-refractivity contribution in [3.8, 4) is 0 Å². The number of hydrogen-bond donors (Lipinski definition) is 1. The fourth-order valence-electron chi connectivity index (χ4n) is 3.39. The van der Waals surface area contributed by atoms with Crippen LogP contribution in [0.25, 0.3) is 0 Å². The summed E-state index contributed by atoms with van der Waals surface area (Å²) in [6, 6.07) is 17.9. The first kappa shape index (κ1) is 16.1. The summed E-state index contributed by atoms with van der Waals surface area (Å²) in [6.45, 7) is 0.757. The maximum absolute atomic E-state index is 12.2. The Morgan fingerprint density at radius 2 is 1.74 bits per heavy atom. The van der Waals surface area contributed by atoms with Crippen molar-refractivity contribution in [2.75, 3.05) is 6.54 Å². The highest BCUT2D eigenvalue weighted by atomic mass is 35.5. The lowest BCUT2D eigenvalue weighted by molar-refractivity contribution is 0.0943. The highest BCUT2D eigenvalue weighted by Gasteiger charge is 2.22. The molecule has 0 radical (unpaired) electrons. The summed E-state index contributed by atoms with van der Waals surface area (Å²) in [5.41, 5.74) is 2.09. The van der Waals surface area contributed by atoms with E-state index in [9.17, 15) is 4.79 Å². The predicted molar refractivity (Wildman–Crippen MR) is 94.9 cm³/mol. The van der Waals surface area contributed by atoms with Crippen LogP contribution in [0.5, 0.6) is 0 Å². The molecule has 0 spiro atoms. The summed E-state index contributed by atoms with van der Waals surface area (Å²) in [5, 5.41) is 3.65. The molecule has 1 saturated carbocycles. The van der Waals surface area contributed by atoms with E-state index in [1.165, 1.54) is 31.2 Å². The Balaban J connectivity index is 1.47. The Hall–Kier alpha value is -1.80. The Bertz CT molecular complexity index is 648. The van der Waals surface area contributed by atoms with Crippen molar-refractivity contribution in [1.29, 1.82) is 0 Å². The first-order valence-electron chi connectivity index (χ1n) is 8.31. The van der Waals surface area contributed by atoms with Gasteiger partial charge in [-0.2, -0.15) is 0 Å². The highest BCUT2D eigenvalue weighted by Crippen LogP contribution is 2.35. The van der Waals surface area contributed by atoms with Crippen molar-refractivity contribution >= 4 is 17.5 Å². The van der Waals surface area contributed by atoms with Crippen molar-refractivity contribution in [3.63, 3.8) is 0 Å². The molecule has 0 saturated heterocycles. The Labute approximate surface area is 142 Å². The fraction of sp³-hybridized carbons (Fsp3) is 0.350. The zero-order chi connectivity index (χ0) is 16.1. The molecule has 2 aromatic carbocycles. The number of carbonyl (C=O) groups is 1. The van der Waals surface area contributed by atoms with Crippen molar-refractivity contribution in [3.05, 3.63) is 70.7 Å². The molecule has 1 aliphatic rings. The average molecular weight is 328 g/mol. The van der Waals surface area contributed by atoms with E-state index in [0.717, 1.165) is 6.54 Å². The second-order valence-electron chi connectivity index (χ2n) is 6.35. The standard InChI is InChI=1S/C20H22ClNO/c21-19-8-4-7-18(13-19)20(23)22-14-15-9-11-17(12-10-15)16-5-2-1-3-6-16/h1-8,13,15,17H,9-12,14H2,(H,22,23)/t15-,17+. The van der Waals surface area contributed by atoms with Gasteiger partial charge in [0.1, 0.15) is 0 Å². The SMILES string of the molecule is O=C(NC[C@H]1CC[C@@H](c2ccccc2)CC1)c1cccc(Cl)c1. The molecule has 120 valence electrons. The van der Waals surface area contributed by atoms with E-state index >= 15 is 0 Å². The van der Waals surface area contributed by atoms with E-state index in [-0.39, 0.29) is 5.91 Å². The van der Waals surface area contributed by atoms with Crippen LogP contribution in [0.4, 0.5) is 0 Å². The smallest absolute Gasteiger partial charge is 0.251 e. The van der Waals surface area contributed by atoms with Gasteiger partial charge >= 0.3 is 0 Å². The number of halogens is 1. The van der Waals surface area contributed by atoms with Crippen LogP contribution in [-0.2, 0) is 0 Å². The minimum absolute atomic E-state index is 0.0299. The van der Waals surface area contributed by atoms with E-state index in [1.54, 1.807) is 18.2 Å². The van der Waals surface area contributed by atoms with E-state index in [1.807, 2.05) is 6.07 Å². The summed E-state index contributed by atoms with van der Waals surface area (Å²) < 4.78 is 0. The number of nitrogens with one attached hydrogen (secondary N) is 1. The molecule has 23 heavy (non-hydrogen) atoms. The topological polar surface area (TPSA) is 29.1 Å². The average Bonchev–Trinajstić information content (AvgIpc) is 2.61. The van der Waals surface area contributed by atoms with Gasteiger partial charge in [-0.1, -0.05) is 48.0 Å². The molecule has 0 atom stereocenters. The van der Waals surface area contributed by atoms with Gasteiger partial charge in [0.15, 0.2) is 0 Å². The minimum Gasteiger partial charge on any atom is -0.352 e. The molecule has 0 bridgehead atoms. The third-order valence-electron chi connectivity index (χ3n) is 4.76. The van der Waals surface area contributed by atoms with E-state index in [2.05, 4.69) is 35.6 Å². The lowest BCUT2D eigenvalue weighted by atomic mass is 9.78. The molecular formula is C20H22ClNO. The van der Waals surface area contributed by atoms with Crippen molar-refractivity contribution in [1.82, 2.24) is 5.32 Å². The summed E-state index contributed by atoms with van der Waals surface area (Å²) in [7, 11) is 0. The molecule has 0 aliphatic heterocycles. The van der Waals surface area contributed by atoms with Gasteiger partial charge in [0, 0.05) is 17.1 Å². The molecule has 0 aromatic heterocycles. The molecular weight excluding hydrogens is 306 g/mol. The van der Waals surface area contributed by atoms with Crippen LogP contribution in [0.15, 0.2) is 54.6 Å². The van der Waals surface area contributed by atoms with E-state index < -0.39 is 0 Å². The van der Waals surface area contributed by atoms with Crippen molar-refractivity contribution in [2.45, 2.75) is 31.6 Å². The zero-order valence-corrected chi connectivity index (χ0v) is 13.9. The van der Waals surface area contributed by atoms with Crippen LogP contribution in [0.2, 0.25) is 5.02 Å². The maximum atomic E-state index is 12.2. The Morgan fingerprint density at radius 3 is 2.43 bits per heavy atom. The number of rotatable bonds is 4. The number of carbonyl (C=O) groups excluding carboxylic acids is 1. The first-order chi connectivity index (χ1) is 11.2. The largest absolute Gasteiger partial charge is 0.352 e. The van der Waals surface area contributed by atoms with Gasteiger partial charge in [-0.3, -0.25) is 4.79 Å². The van der Waals surface area contributed by atoms with Gasteiger partial charge in [0.25, 0.3) is 5.91 Å². The van der Waals surface area contributed by atoms with Crippen LogP contribution in [-0.4, -0.2) is 12.5 Å². The number of benzene rings is 2. The summed E-state index contributed by atoms with van der Waals surface area (Å²) in [4.78, 5) is 12.2. The van der Waals surface area contributed by atoms with Gasteiger partial charge in [-0.15, -0.1) is 0 Å². The number of amides is 1. The Kier molecular flexibility index (Phi) is 5.35. The molecule has 0 heterocycles. The van der Waals surface area contributed by atoms with Crippen LogP contribution >= 0.6 is 11.6 Å². The molecule has 1 fully saturated rings. The third kappa shape index (κ3) is 4.35. The molecule has 1 amide bonds. The van der Waals surface area contributed by atoms with Crippen LogP contribution in [0, 0.1) is 5.92 Å². The maximum Gasteiger partial charge on any atom is 0.251 e. The zero-order valence-electron chi connectivity index (χ0n) is 13.2. The van der Waals surface area contributed by atoms with E-state index in [4.69, 9.17) is 11.6 Å². The minimum atomic E-state index is -0.0299. The molecule has 0 unspecified atom stereocenters. The molecule has 1 N–H and O–H groups in total. The van der Waals surface area contributed by atoms with Gasteiger partial charge in [-0.25, -0.2) is 0 Å². The van der Waals surface area contributed by atoms with Gasteiger partial charge in [0.2, 0.25) is 0 Å².